The highest BCUT2D eigenvalue weighted by Crippen LogP contribution is 1.99. The van der Waals surface area contributed by atoms with E-state index in [-0.39, 0.29) is 29.7 Å². The van der Waals surface area contributed by atoms with Crippen molar-refractivity contribution in [2.24, 2.45) is 5.73 Å². The molecule has 1 atom stereocenters. The van der Waals surface area contributed by atoms with Gasteiger partial charge in [-0.25, -0.2) is 0 Å². The maximum Gasteiger partial charge on any atom is 0.321 e. The summed E-state index contributed by atoms with van der Waals surface area (Å²) in [5.74, 6) is -1.17. The molecule has 0 bridgehead atoms. The van der Waals surface area contributed by atoms with E-state index in [2.05, 4.69) is 5.32 Å². The van der Waals surface area contributed by atoms with Crippen LogP contribution in [0.3, 0.4) is 0 Å². The standard InChI is InChI=1S/C8H14N2O4S/c1-5(11)2-7(12)10-4-15-3-6(9)8(13)14/h6H,2-4,9H2,1H3,(H,10,12)(H,13,14). The Kier molecular flexibility index (Phi) is 6.72. The van der Waals surface area contributed by atoms with E-state index >= 15 is 0 Å². The SMILES string of the molecule is CC(=O)CC(=O)NCSCC(N)C(=O)O. The number of rotatable bonds is 7. The maximum absolute atomic E-state index is 10.9. The molecule has 0 aromatic heterocycles. The van der Waals surface area contributed by atoms with Gasteiger partial charge in [0, 0.05) is 5.75 Å². The number of thioether (sulfide) groups is 1. The van der Waals surface area contributed by atoms with Gasteiger partial charge in [0.1, 0.15) is 11.8 Å². The van der Waals surface area contributed by atoms with Gasteiger partial charge < -0.3 is 16.2 Å². The van der Waals surface area contributed by atoms with Gasteiger partial charge in [-0.05, 0) is 6.92 Å². The Morgan fingerprint density at radius 1 is 1.47 bits per heavy atom. The highest BCUT2D eigenvalue weighted by Gasteiger charge is 2.11. The van der Waals surface area contributed by atoms with Gasteiger partial charge in [-0.2, -0.15) is 0 Å². The summed E-state index contributed by atoms with van der Waals surface area (Å²) in [7, 11) is 0. The van der Waals surface area contributed by atoms with E-state index in [9.17, 15) is 14.4 Å². The van der Waals surface area contributed by atoms with Crippen LogP contribution in [0.2, 0.25) is 0 Å². The number of ketones is 1. The van der Waals surface area contributed by atoms with Gasteiger partial charge in [0.25, 0.3) is 0 Å². The van der Waals surface area contributed by atoms with E-state index in [1.54, 1.807) is 0 Å². The lowest BCUT2D eigenvalue weighted by molar-refractivity contribution is -0.138. The third kappa shape index (κ3) is 7.95. The van der Waals surface area contributed by atoms with Gasteiger partial charge in [-0.15, -0.1) is 11.8 Å². The molecule has 7 heteroatoms. The summed E-state index contributed by atoms with van der Waals surface area (Å²) < 4.78 is 0. The Hall–Kier alpha value is -1.08. The number of carboxylic acids is 1. The normalized spacial score (nSPS) is 11.9. The molecule has 0 aliphatic carbocycles. The topological polar surface area (TPSA) is 109 Å². The lowest BCUT2D eigenvalue weighted by atomic mass is 10.3. The number of carbonyl (C=O) groups is 3. The maximum atomic E-state index is 10.9. The Morgan fingerprint density at radius 3 is 2.53 bits per heavy atom. The number of carboxylic acid groups (broad SMARTS) is 1. The molecule has 0 aromatic carbocycles. The fourth-order valence-electron chi connectivity index (χ4n) is 0.677. The van der Waals surface area contributed by atoms with Crippen LogP contribution in [-0.4, -0.2) is 40.4 Å². The molecule has 1 amide bonds. The van der Waals surface area contributed by atoms with E-state index < -0.39 is 12.0 Å². The van der Waals surface area contributed by atoms with Crippen molar-refractivity contribution in [1.82, 2.24) is 5.32 Å². The van der Waals surface area contributed by atoms with E-state index in [0.717, 1.165) is 0 Å². The average Bonchev–Trinajstić information content (AvgIpc) is 2.10. The van der Waals surface area contributed by atoms with Crippen LogP contribution < -0.4 is 11.1 Å². The predicted molar refractivity (Wildman–Crippen MR) is 56.4 cm³/mol. The molecule has 0 radical (unpaired) electrons. The molecule has 86 valence electrons. The van der Waals surface area contributed by atoms with Gasteiger partial charge in [-0.3, -0.25) is 14.4 Å². The lowest BCUT2D eigenvalue weighted by Gasteiger charge is -2.06. The summed E-state index contributed by atoms with van der Waals surface area (Å²) in [6.45, 7) is 1.33. The van der Waals surface area contributed by atoms with Crippen molar-refractivity contribution in [1.29, 1.82) is 0 Å². The van der Waals surface area contributed by atoms with Crippen molar-refractivity contribution in [2.75, 3.05) is 11.6 Å². The summed E-state index contributed by atoms with van der Waals surface area (Å²) in [5, 5.41) is 10.9. The van der Waals surface area contributed by atoms with Crippen molar-refractivity contribution in [3.05, 3.63) is 0 Å². The number of hydrogen-bond acceptors (Lipinski definition) is 5. The minimum atomic E-state index is -1.07. The first-order valence-electron chi connectivity index (χ1n) is 4.25. The van der Waals surface area contributed by atoms with Crippen LogP contribution in [0.25, 0.3) is 0 Å². The zero-order chi connectivity index (χ0) is 11.8. The van der Waals surface area contributed by atoms with Crippen LogP contribution in [0.4, 0.5) is 0 Å². The second-order valence-electron chi connectivity index (χ2n) is 2.94. The minimum Gasteiger partial charge on any atom is -0.480 e. The smallest absolute Gasteiger partial charge is 0.321 e. The molecule has 0 saturated carbocycles. The first kappa shape index (κ1) is 13.9. The number of carbonyl (C=O) groups excluding carboxylic acids is 2. The van der Waals surface area contributed by atoms with Gasteiger partial charge in [0.05, 0.1) is 12.3 Å². The van der Waals surface area contributed by atoms with Gasteiger partial charge >= 0.3 is 5.97 Å². The number of amides is 1. The fraction of sp³-hybridized carbons (Fsp3) is 0.625. The fourth-order valence-corrected chi connectivity index (χ4v) is 1.45. The molecule has 0 aromatic rings. The number of hydrogen-bond donors (Lipinski definition) is 3. The Bertz CT molecular complexity index is 257. The van der Waals surface area contributed by atoms with Crippen LogP contribution in [-0.2, 0) is 14.4 Å². The van der Waals surface area contributed by atoms with Gasteiger partial charge in [0.15, 0.2) is 0 Å². The van der Waals surface area contributed by atoms with Crippen molar-refractivity contribution in [3.8, 4) is 0 Å². The van der Waals surface area contributed by atoms with Crippen LogP contribution >= 0.6 is 11.8 Å². The molecular weight excluding hydrogens is 220 g/mol. The molecule has 6 nitrogen and oxygen atoms in total. The zero-order valence-corrected chi connectivity index (χ0v) is 9.17. The van der Waals surface area contributed by atoms with E-state index in [0.29, 0.717) is 0 Å². The number of nitrogens with one attached hydrogen (secondary N) is 1. The monoisotopic (exact) mass is 234 g/mol. The van der Waals surface area contributed by atoms with E-state index in [1.165, 1.54) is 18.7 Å². The predicted octanol–water partition coefficient (Wildman–Crippen LogP) is -0.816. The molecule has 0 fully saturated rings. The molecule has 4 N–H and O–H groups in total. The first-order valence-corrected chi connectivity index (χ1v) is 5.41. The largest absolute Gasteiger partial charge is 0.480 e. The highest BCUT2D eigenvalue weighted by molar-refractivity contribution is 7.99. The van der Waals surface area contributed by atoms with Crippen LogP contribution in [0.15, 0.2) is 0 Å². The molecule has 1 unspecified atom stereocenters. The number of nitrogens with two attached hydrogens (primary N) is 1. The summed E-state index contributed by atoms with van der Waals surface area (Å²) in [5.41, 5.74) is 5.23. The molecule has 0 spiro atoms. The molecule has 0 rings (SSSR count). The van der Waals surface area contributed by atoms with Crippen molar-refractivity contribution in [3.63, 3.8) is 0 Å². The highest BCUT2D eigenvalue weighted by atomic mass is 32.2. The second-order valence-corrected chi connectivity index (χ2v) is 3.97. The Balaban J connectivity index is 3.50. The van der Waals surface area contributed by atoms with Crippen LogP contribution in [0.5, 0.6) is 0 Å². The van der Waals surface area contributed by atoms with Crippen molar-refractivity contribution in [2.45, 2.75) is 19.4 Å². The third-order valence-electron chi connectivity index (χ3n) is 1.40. The summed E-state index contributed by atoms with van der Waals surface area (Å²) in [4.78, 5) is 31.8. The van der Waals surface area contributed by atoms with E-state index in [1.807, 2.05) is 0 Å². The number of Topliss-reactive ketones (excluding diaryl/α,β-unsaturated/α-hetero) is 1. The molecule has 0 heterocycles. The van der Waals surface area contributed by atoms with Crippen LogP contribution in [0, 0.1) is 0 Å². The van der Waals surface area contributed by atoms with Gasteiger partial charge in [-0.1, -0.05) is 0 Å². The molecule has 0 saturated heterocycles. The second kappa shape index (κ2) is 7.24. The summed E-state index contributed by atoms with van der Waals surface area (Å²) >= 11 is 1.20. The van der Waals surface area contributed by atoms with Crippen LogP contribution in [0.1, 0.15) is 13.3 Å². The van der Waals surface area contributed by atoms with E-state index in [4.69, 9.17) is 10.8 Å². The molecule has 15 heavy (non-hydrogen) atoms. The first-order chi connectivity index (χ1) is 6.93. The third-order valence-corrected chi connectivity index (χ3v) is 2.34. The quantitative estimate of drug-likeness (QED) is 0.302. The summed E-state index contributed by atoms with van der Waals surface area (Å²) in [6, 6.07) is -0.931. The Labute approximate surface area is 91.6 Å². The molecular formula is C8H14N2O4S. The zero-order valence-electron chi connectivity index (χ0n) is 8.36. The molecule has 0 aliphatic heterocycles. The minimum absolute atomic E-state index is 0.147. The molecule has 0 aliphatic rings. The number of aliphatic carboxylic acids is 1. The van der Waals surface area contributed by atoms with Gasteiger partial charge in [0.2, 0.25) is 5.91 Å². The Morgan fingerprint density at radius 2 is 2.07 bits per heavy atom. The average molecular weight is 234 g/mol. The summed E-state index contributed by atoms with van der Waals surface area (Å²) in [6.07, 6.45) is -0.147. The van der Waals surface area contributed by atoms with Crippen molar-refractivity contribution >= 4 is 29.4 Å². The lowest BCUT2D eigenvalue weighted by Crippen LogP contribution is -2.33. The van der Waals surface area contributed by atoms with Crippen molar-refractivity contribution < 1.29 is 19.5 Å².